The van der Waals surface area contributed by atoms with Crippen molar-refractivity contribution in [3.63, 3.8) is 0 Å². The number of carboxylic acids is 1. The van der Waals surface area contributed by atoms with Crippen LogP contribution >= 0.6 is 11.6 Å². The fourth-order valence-corrected chi connectivity index (χ4v) is 1.87. The van der Waals surface area contributed by atoms with Crippen LogP contribution in [0.2, 0.25) is 5.02 Å². The Morgan fingerprint density at radius 3 is 2.65 bits per heavy atom. The molecule has 0 saturated carbocycles. The van der Waals surface area contributed by atoms with Gasteiger partial charge in [0.1, 0.15) is 0 Å². The molecule has 0 bridgehead atoms. The van der Waals surface area contributed by atoms with Crippen molar-refractivity contribution in [1.29, 1.82) is 0 Å². The number of nitrogens with zero attached hydrogens (tertiary/aromatic N) is 1. The molecule has 0 aliphatic carbocycles. The van der Waals surface area contributed by atoms with Gasteiger partial charge in [-0.05, 0) is 31.7 Å². The van der Waals surface area contributed by atoms with Crippen LogP contribution in [0.5, 0.6) is 0 Å². The summed E-state index contributed by atoms with van der Waals surface area (Å²) in [6.07, 6.45) is 0. The Morgan fingerprint density at radius 2 is 2.12 bits per heavy atom. The lowest BCUT2D eigenvalue weighted by atomic mass is 10.0. The molecule has 94 valence electrons. The molecule has 1 N–H and O–H groups in total. The van der Waals surface area contributed by atoms with E-state index in [1.165, 1.54) is 0 Å². The van der Waals surface area contributed by atoms with Gasteiger partial charge in [0.05, 0.1) is 5.92 Å². The Morgan fingerprint density at radius 1 is 1.47 bits per heavy atom. The van der Waals surface area contributed by atoms with Gasteiger partial charge < -0.3 is 5.11 Å². The highest BCUT2D eigenvalue weighted by atomic mass is 35.5. The SMILES string of the molecule is CC(C(=O)O)C(C)N(C)Cc1cccc(Cl)c1. The van der Waals surface area contributed by atoms with Gasteiger partial charge in [0.15, 0.2) is 0 Å². The summed E-state index contributed by atoms with van der Waals surface area (Å²) in [4.78, 5) is 12.9. The summed E-state index contributed by atoms with van der Waals surface area (Å²) in [5.41, 5.74) is 1.09. The summed E-state index contributed by atoms with van der Waals surface area (Å²) in [5, 5.41) is 9.67. The predicted molar refractivity (Wildman–Crippen MR) is 69.2 cm³/mol. The van der Waals surface area contributed by atoms with Gasteiger partial charge in [-0.2, -0.15) is 0 Å². The van der Waals surface area contributed by atoms with Gasteiger partial charge in [0.25, 0.3) is 0 Å². The van der Waals surface area contributed by atoms with E-state index in [1.807, 2.05) is 43.1 Å². The van der Waals surface area contributed by atoms with E-state index in [0.717, 1.165) is 5.56 Å². The highest BCUT2D eigenvalue weighted by Crippen LogP contribution is 2.16. The van der Waals surface area contributed by atoms with Crippen LogP contribution in [0.3, 0.4) is 0 Å². The first-order valence-corrected chi connectivity index (χ1v) is 5.97. The van der Waals surface area contributed by atoms with Gasteiger partial charge in [0, 0.05) is 17.6 Å². The largest absolute Gasteiger partial charge is 0.481 e. The number of carboxylic acid groups (broad SMARTS) is 1. The van der Waals surface area contributed by atoms with Crippen molar-refractivity contribution in [1.82, 2.24) is 4.90 Å². The maximum absolute atomic E-state index is 10.9. The molecule has 0 aliphatic rings. The van der Waals surface area contributed by atoms with Crippen molar-refractivity contribution in [3.05, 3.63) is 34.9 Å². The van der Waals surface area contributed by atoms with E-state index in [0.29, 0.717) is 11.6 Å². The van der Waals surface area contributed by atoms with Crippen LogP contribution in [0, 0.1) is 5.92 Å². The average Bonchev–Trinajstić information content (AvgIpc) is 2.26. The normalized spacial score (nSPS) is 14.6. The highest BCUT2D eigenvalue weighted by Gasteiger charge is 2.22. The number of halogens is 1. The third-order valence-electron chi connectivity index (χ3n) is 3.13. The van der Waals surface area contributed by atoms with Crippen molar-refractivity contribution in [2.45, 2.75) is 26.4 Å². The van der Waals surface area contributed by atoms with Gasteiger partial charge >= 0.3 is 5.97 Å². The third-order valence-corrected chi connectivity index (χ3v) is 3.36. The second kappa shape index (κ2) is 6.03. The molecule has 0 saturated heterocycles. The summed E-state index contributed by atoms with van der Waals surface area (Å²) in [6.45, 7) is 4.34. The standard InChI is InChI=1S/C13H18ClNO2/c1-9(13(16)17)10(2)15(3)8-11-5-4-6-12(14)7-11/h4-7,9-10H,8H2,1-3H3,(H,16,17). The maximum Gasteiger partial charge on any atom is 0.307 e. The number of benzene rings is 1. The molecule has 1 aromatic carbocycles. The molecule has 0 aromatic heterocycles. The predicted octanol–water partition coefficient (Wildman–Crippen LogP) is 2.88. The van der Waals surface area contributed by atoms with Crippen molar-refractivity contribution in [3.8, 4) is 0 Å². The summed E-state index contributed by atoms with van der Waals surface area (Å²) in [6, 6.07) is 7.59. The van der Waals surface area contributed by atoms with Crippen LogP contribution in [-0.4, -0.2) is 29.1 Å². The Hall–Kier alpha value is -1.06. The van der Waals surface area contributed by atoms with Crippen LogP contribution in [0.15, 0.2) is 24.3 Å². The zero-order valence-corrected chi connectivity index (χ0v) is 11.1. The minimum absolute atomic E-state index is 0.0218. The molecule has 0 fully saturated rings. The molecule has 1 aromatic rings. The zero-order valence-electron chi connectivity index (χ0n) is 10.4. The van der Waals surface area contributed by atoms with Crippen molar-refractivity contribution in [2.75, 3.05) is 7.05 Å². The van der Waals surface area contributed by atoms with Gasteiger partial charge in [-0.15, -0.1) is 0 Å². The lowest BCUT2D eigenvalue weighted by Gasteiger charge is -2.27. The molecule has 2 atom stereocenters. The Kier molecular flexibility index (Phi) is 4.97. The quantitative estimate of drug-likeness (QED) is 0.880. The van der Waals surface area contributed by atoms with Gasteiger partial charge in [-0.25, -0.2) is 0 Å². The lowest BCUT2D eigenvalue weighted by molar-refractivity contribution is -0.143. The molecule has 0 spiro atoms. The number of hydrogen-bond donors (Lipinski definition) is 1. The van der Waals surface area contributed by atoms with Crippen LogP contribution in [-0.2, 0) is 11.3 Å². The molecular weight excluding hydrogens is 238 g/mol. The van der Waals surface area contributed by atoms with Gasteiger partial charge in [0.2, 0.25) is 0 Å². The molecule has 4 heteroatoms. The van der Waals surface area contributed by atoms with E-state index in [1.54, 1.807) is 6.92 Å². The number of aliphatic carboxylic acids is 1. The molecule has 17 heavy (non-hydrogen) atoms. The number of carbonyl (C=O) groups is 1. The number of hydrogen-bond acceptors (Lipinski definition) is 2. The fourth-order valence-electron chi connectivity index (χ4n) is 1.66. The summed E-state index contributed by atoms with van der Waals surface area (Å²) < 4.78 is 0. The van der Waals surface area contributed by atoms with Crippen LogP contribution in [0.25, 0.3) is 0 Å². The van der Waals surface area contributed by atoms with E-state index in [9.17, 15) is 4.79 Å². The topological polar surface area (TPSA) is 40.5 Å². The highest BCUT2D eigenvalue weighted by molar-refractivity contribution is 6.30. The van der Waals surface area contributed by atoms with Crippen molar-refractivity contribution >= 4 is 17.6 Å². The van der Waals surface area contributed by atoms with E-state index in [2.05, 4.69) is 0 Å². The van der Waals surface area contributed by atoms with E-state index < -0.39 is 5.97 Å². The fraction of sp³-hybridized carbons (Fsp3) is 0.462. The molecule has 0 aliphatic heterocycles. The van der Waals surface area contributed by atoms with E-state index in [-0.39, 0.29) is 12.0 Å². The minimum Gasteiger partial charge on any atom is -0.481 e. The Bertz CT molecular complexity index is 395. The molecule has 0 amide bonds. The molecular formula is C13H18ClNO2. The van der Waals surface area contributed by atoms with Crippen molar-refractivity contribution in [2.24, 2.45) is 5.92 Å². The minimum atomic E-state index is -0.768. The second-order valence-corrected chi connectivity index (χ2v) is 4.85. The number of rotatable bonds is 5. The molecule has 3 nitrogen and oxygen atoms in total. The van der Waals surface area contributed by atoms with Crippen LogP contribution in [0.4, 0.5) is 0 Å². The van der Waals surface area contributed by atoms with Gasteiger partial charge in [-0.1, -0.05) is 30.7 Å². The van der Waals surface area contributed by atoms with Gasteiger partial charge in [-0.3, -0.25) is 9.69 Å². The molecule has 1 rings (SSSR count). The van der Waals surface area contributed by atoms with Crippen LogP contribution in [0.1, 0.15) is 19.4 Å². The van der Waals surface area contributed by atoms with Crippen LogP contribution < -0.4 is 0 Å². The monoisotopic (exact) mass is 255 g/mol. The Balaban J connectivity index is 2.66. The summed E-state index contributed by atoms with van der Waals surface area (Å²) >= 11 is 5.91. The first kappa shape index (κ1) is 14.0. The molecule has 2 unspecified atom stereocenters. The van der Waals surface area contributed by atoms with E-state index in [4.69, 9.17) is 16.7 Å². The zero-order chi connectivity index (χ0) is 13.0. The summed E-state index contributed by atoms with van der Waals surface area (Å²) in [5.74, 6) is -1.16. The first-order valence-electron chi connectivity index (χ1n) is 5.59. The summed E-state index contributed by atoms with van der Waals surface area (Å²) in [7, 11) is 1.92. The molecule has 0 heterocycles. The first-order chi connectivity index (χ1) is 7.91. The maximum atomic E-state index is 10.9. The lowest BCUT2D eigenvalue weighted by Crippen LogP contribution is -2.37. The average molecular weight is 256 g/mol. The molecule has 0 radical (unpaired) electrons. The van der Waals surface area contributed by atoms with Crippen molar-refractivity contribution < 1.29 is 9.90 Å². The smallest absolute Gasteiger partial charge is 0.307 e. The third kappa shape index (κ3) is 4.02. The second-order valence-electron chi connectivity index (χ2n) is 4.41. The Labute approximate surface area is 107 Å². The van der Waals surface area contributed by atoms with E-state index >= 15 is 0 Å².